The number of aliphatic imine (C=N–C) groups is 1. The minimum Gasteiger partial charge on any atom is -0.504 e. The third kappa shape index (κ3) is 5.32. The normalized spacial score (nSPS) is 19.9. The van der Waals surface area contributed by atoms with Gasteiger partial charge in [-0.3, -0.25) is 14.9 Å². The van der Waals surface area contributed by atoms with Crippen LogP contribution in [0.2, 0.25) is 0 Å². The van der Waals surface area contributed by atoms with Crippen molar-refractivity contribution < 1.29 is 28.9 Å². The van der Waals surface area contributed by atoms with Gasteiger partial charge in [0.15, 0.2) is 17.4 Å². The lowest BCUT2D eigenvalue weighted by molar-refractivity contribution is -0.153. The summed E-state index contributed by atoms with van der Waals surface area (Å²) in [5.41, 5.74) is 1.65. The van der Waals surface area contributed by atoms with Crippen LogP contribution >= 0.6 is 0 Å². The Morgan fingerprint density at radius 1 is 1.08 bits per heavy atom. The number of carbonyl (C=O) groups excluding carboxylic acids is 2. The van der Waals surface area contributed by atoms with Gasteiger partial charge in [0, 0.05) is 37.9 Å². The highest BCUT2D eigenvalue weighted by molar-refractivity contribution is 6.08. The zero-order chi connectivity index (χ0) is 25.7. The number of benzene rings is 2. The first-order chi connectivity index (χ1) is 17.4. The molecule has 1 amide bonds. The van der Waals surface area contributed by atoms with Crippen LogP contribution in [-0.2, 0) is 14.3 Å². The van der Waals surface area contributed by atoms with Gasteiger partial charge in [0.25, 0.3) is 0 Å². The molecule has 0 spiro atoms. The van der Waals surface area contributed by atoms with Crippen LogP contribution in [0.5, 0.6) is 17.2 Å². The number of carbonyl (C=O) groups is 2. The van der Waals surface area contributed by atoms with E-state index in [1.807, 2.05) is 36.1 Å². The molecule has 2 aliphatic heterocycles. The summed E-state index contributed by atoms with van der Waals surface area (Å²) in [5.74, 6) is -0.792. The predicted molar refractivity (Wildman–Crippen MR) is 134 cm³/mol. The maximum atomic E-state index is 13.2. The number of guanidine groups is 1. The van der Waals surface area contributed by atoms with Gasteiger partial charge in [-0.2, -0.15) is 0 Å². The molecule has 1 saturated heterocycles. The molecule has 2 unspecified atom stereocenters. The quantitative estimate of drug-likeness (QED) is 0.444. The van der Waals surface area contributed by atoms with Crippen LogP contribution < -0.4 is 19.7 Å². The van der Waals surface area contributed by atoms with Crippen LogP contribution in [0.15, 0.2) is 47.5 Å². The molecule has 4 rings (SSSR count). The third-order valence-corrected chi connectivity index (χ3v) is 6.26. The molecule has 192 valence electrons. The van der Waals surface area contributed by atoms with Gasteiger partial charge < -0.3 is 29.1 Å². The summed E-state index contributed by atoms with van der Waals surface area (Å²) in [5, 5.41) is 12.9. The molecule has 0 radical (unpaired) electrons. The van der Waals surface area contributed by atoms with E-state index in [0.717, 1.165) is 24.5 Å². The van der Waals surface area contributed by atoms with Gasteiger partial charge in [0.1, 0.15) is 11.8 Å². The number of amides is 1. The summed E-state index contributed by atoms with van der Waals surface area (Å²) < 4.78 is 16.0. The number of aromatic hydroxyl groups is 1. The second-order valence-electron chi connectivity index (χ2n) is 8.45. The molecule has 0 aromatic heterocycles. The predicted octanol–water partition coefficient (Wildman–Crippen LogP) is 2.33. The fourth-order valence-electron chi connectivity index (χ4n) is 4.43. The van der Waals surface area contributed by atoms with E-state index in [4.69, 9.17) is 19.2 Å². The Balaban J connectivity index is 1.59. The number of rotatable bonds is 7. The Labute approximate surface area is 210 Å². The van der Waals surface area contributed by atoms with Gasteiger partial charge in [0.05, 0.1) is 20.3 Å². The molecule has 1 fully saturated rings. The maximum Gasteiger partial charge on any atom is 0.321 e. The van der Waals surface area contributed by atoms with Crippen LogP contribution in [0.1, 0.15) is 25.5 Å². The molecular weight excluding hydrogens is 464 g/mol. The number of phenols is 1. The molecule has 0 bridgehead atoms. The average Bonchev–Trinajstić information content (AvgIpc) is 2.90. The average molecular weight is 497 g/mol. The lowest BCUT2D eigenvalue weighted by atomic mass is 9.91. The highest BCUT2D eigenvalue weighted by Crippen LogP contribution is 2.36. The summed E-state index contributed by atoms with van der Waals surface area (Å²) in [4.78, 5) is 35.0. The molecule has 2 atom stereocenters. The largest absolute Gasteiger partial charge is 0.504 e. The van der Waals surface area contributed by atoms with Crippen LogP contribution in [0, 0.1) is 5.92 Å². The standard InChI is InChI=1S/C26H32N4O6/c1-4-35-21-15-17(9-10-20(21)31)23-22(25(33)36-5-2)24(32)28-26(27-23)30-13-11-29(12-14-30)18-7-6-8-19(16-18)34-3/h6-10,15-16,22-23,31H,4-5,11-14H2,1-3H3,(H,27,28,32). The molecular formula is C26H32N4O6. The molecule has 36 heavy (non-hydrogen) atoms. The van der Waals surface area contributed by atoms with Crippen molar-refractivity contribution in [2.75, 3.05) is 51.4 Å². The summed E-state index contributed by atoms with van der Waals surface area (Å²) in [7, 11) is 1.65. The fourth-order valence-corrected chi connectivity index (χ4v) is 4.43. The SMILES string of the molecule is CCOC(=O)C1C(=O)NC(N2CCN(c3cccc(OC)c3)CC2)=NC1c1ccc(O)c(OCC)c1. The number of phenolic OH excluding ortho intramolecular Hbond substituents is 1. The van der Waals surface area contributed by atoms with E-state index in [1.165, 1.54) is 6.07 Å². The molecule has 10 heteroatoms. The molecule has 0 saturated carbocycles. The molecule has 10 nitrogen and oxygen atoms in total. The maximum absolute atomic E-state index is 13.2. The van der Waals surface area contributed by atoms with Gasteiger partial charge in [-0.05, 0) is 43.7 Å². The number of nitrogens with one attached hydrogen (secondary N) is 1. The highest BCUT2D eigenvalue weighted by atomic mass is 16.5. The zero-order valence-electron chi connectivity index (χ0n) is 20.8. The molecule has 2 N–H and O–H groups in total. The topological polar surface area (TPSA) is 113 Å². The highest BCUT2D eigenvalue weighted by Gasteiger charge is 2.42. The second-order valence-corrected chi connectivity index (χ2v) is 8.45. The third-order valence-electron chi connectivity index (χ3n) is 6.26. The molecule has 2 aliphatic rings. The second kappa shape index (κ2) is 11.2. The van der Waals surface area contributed by atoms with Gasteiger partial charge in [-0.15, -0.1) is 0 Å². The van der Waals surface area contributed by atoms with Crippen LogP contribution in [0.4, 0.5) is 5.69 Å². The number of ether oxygens (including phenoxy) is 3. The van der Waals surface area contributed by atoms with Crippen LogP contribution in [0.3, 0.4) is 0 Å². The van der Waals surface area contributed by atoms with E-state index >= 15 is 0 Å². The Bertz CT molecular complexity index is 1130. The smallest absolute Gasteiger partial charge is 0.321 e. The summed E-state index contributed by atoms with van der Waals surface area (Å²) in [6, 6.07) is 11.8. The molecule has 2 aromatic rings. The minimum absolute atomic E-state index is 0.0218. The molecule has 2 aromatic carbocycles. The Morgan fingerprint density at radius 3 is 2.53 bits per heavy atom. The summed E-state index contributed by atoms with van der Waals surface area (Å²) >= 11 is 0. The van der Waals surface area contributed by atoms with Crippen molar-refractivity contribution in [3.8, 4) is 17.2 Å². The monoisotopic (exact) mass is 496 g/mol. The Kier molecular flexibility index (Phi) is 7.82. The zero-order valence-corrected chi connectivity index (χ0v) is 20.8. The van der Waals surface area contributed by atoms with E-state index in [0.29, 0.717) is 31.2 Å². The lowest BCUT2D eigenvalue weighted by Gasteiger charge is -2.39. The van der Waals surface area contributed by atoms with E-state index in [9.17, 15) is 14.7 Å². The Hall–Kier alpha value is -3.95. The van der Waals surface area contributed by atoms with Crippen molar-refractivity contribution in [3.05, 3.63) is 48.0 Å². The van der Waals surface area contributed by atoms with Crippen molar-refractivity contribution in [2.45, 2.75) is 19.9 Å². The van der Waals surface area contributed by atoms with Crippen molar-refractivity contribution in [2.24, 2.45) is 10.9 Å². The molecule has 0 aliphatic carbocycles. The van der Waals surface area contributed by atoms with Gasteiger partial charge >= 0.3 is 5.97 Å². The molecule has 2 heterocycles. The van der Waals surface area contributed by atoms with E-state index in [2.05, 4.69) is 10.2 Å². The number of piperazine rings is 1. The number of anilines is 1. The van der Waals surface area contributed by atoms with E-state index < -0.39 is 23.8 Å². The first-order valence-electron chi connectivity index (χ1n) is 12.1. The number of nitrogens with zero attached hydrogens (tertiary/aromatic N) is 3. The number of hydrogen-bond donors (Lipinski definition) is 2. The van der Waals surface area contributed by atoms with Gasteiger partial charge in [-0.25, -0.2) is 4.99 Å². The van der Waals surface area contributed by atoms with Crippen molar-refractivity contribution >= 4 is 23.5 Å². The lowest BCUT2D eigenvalue weighted by Crippen LogP contribution is -2.57. The number of esters is 1. The van der Waals surface area contributed by atoms with E-state index in [-0.39, 0.29) is 18.1 Å². The van der Waals surface area contributed by atoms with Gasteiger partial charge in [0.2, 0.25) is 11.9 Å². The fraction of sp³-hybridized carbons (Fsp3) is 0.423. The number of methoxy groups -OCH3 is 1. The summed E-state index contributed by atoms with van der Waals surface area (Å²) in [6.45, 7) is 6.72. The first kappa shape index (κ1) is 25.2. The van der Waals surface area contributed by atoms with Crippen molar-refractivity contribution in [1.29, 1.82) is 0 Å². The summed E-state index contributed by atoms with van der Waals surface area (Å²) in [6.07, 6.45) is 0. The minimum atomic E-state index is -1.15. The first-order valence-corrected chi connectivity index (χ1v) is 12.1. The van der Waals surface area contributed by atoms with Crippen molar-refractivity contribution in [3.63, 3.8) is 0 Å². The van der Waals surface area contributed by atoms with E-state index in [1.54, 1.807) is 26.2 Å². The van der Waals surface area contributed by atoms with Crippen molar-refractivity contribution in [1.82, 2.24) is 10.2 Å². The van der Waals surface area contributed by atoms with Crippen LogP contribution in [-0.4, -0.2) is 74.3 Å². The van der Waals surface area contributed by atoms with Gasteiger partial charge in [-0.1, -0.05) is 12.1 Å². The van der Waals surface area contributed by atoms with Crippen LogP contribution in [0.25, 0.3) is 0 Å². The number of hydrogen-bond acceptors (Lipinski definition) is 9. The Morgan fingerprint density at radius 2 is 1.83 bits per heavy atom.